The van der Waals surface area contributed by atoms with Crippen LogP contribution in [0, 0.1) is 5.82 Å². The maximum absolute atomic E-state index is 14.2. The quantitative estimate of drug-likeness (QED) is 0.843. The monoisotopic (exact) mass is 294 g/mol. The van der Waals surface area contributed by atoms with Gasteiger partial charge in [-0.15, -0.1) is 0 Å². The molecule has 4 heteroatoms. The number of morpholine rings is 1. The summed E-state index contributed by atoms with van der Waals surface area (Å²) in [6.45, 7) is 11.4. The third-order valence-corrected chi connectivity index (χ3v) is 3.73. The second-order valence-electron chi connectivity index (χ2n) is 6.48. The average molecular weight is 294 g/mol. The van der Waals surface area contributed by atoms with Gasteiger partial charge in [0.15, 0.2) is 0 Å². The number of benzene rings is 1. The van der Waals surface area contributed by atoms with Crippen molar-refractivity contribution < 1.29 is 9.13 Å². The van der Waals surface area contributed by atoms with Gasteiger partial charge in [0.25, 0.3) is 0 Å². The Hall–Kier alpha value is -1.13. The Morgan fingerprint density at radius 2 is 2.19 bits per heavy atom. The smallest absolute Gasteiger partial charge is 0.129 e. The highest BCUT2D eigenvalue weighted by molar-refractivity contribution is 5.55. The molecule has 3 nitrogen and oxygen atoms in total. The first kappa shape index (κ1) is 16.2. The molecule has 0 aliphatic carbocycles. The average Bonchev–Trinajstić information content (AvgIpc) is 2.38. The maximum atomic E-state index is 14.2. The molecular formula is C17H27FN2O. The van der Waals surface area contributed by atoms with Crippen molar-refractivity contribution in [1.82, 2.24) is 5.32 Å². The predicted octanol–water partition coefficient (Wildman–Crippen LogP) is 3.33. The van der Waals surface area contributed by atoms with E-state index in [9.17, 15) is 4.39 Å². The molecule has 1 N–H and O–H groups in total. The number of halogens is 1. The molecule has 118 valence electrons. The summed E-state index contributed by atoms with van der Waals surface area (Å²) in [6.07, 6.45) is 1.19. The Morgan fingerprint density at radius 1 is 1.43 bits per heavy atom. The summed E-state index contributed by atoms with van der Waals surface area (Å²) in [4.78, 5) is 2.25. The van der Waals surface area contributed by atoms with Gasteiger partial charge in [0, 0.05) is 30.9 Å². The van der Waals surface area contributed by atoms with Crippen molar-refractivity contribution in [3.63, 3.8) is 0 Å². The van der Waals surface area contributed by atoms with Crippen LogP contribution in [0.2, 0.25) is 0 Å². The van der Waals surface area contributed by atoms with Gasteiger partial charge in [0.2, 0.25) is 0 Å². The number of anilines is 1. The Bertz CT molecular complexity index is 476. The topological polar surface area (TPSA) is 24.5 Å². The van der Waals surface area contributed by atoms with Crippen LogP contribution in [0.5, 0.6) is 0 Å². The number of nitrogens with zero attached hydrogens (tertiary/aromatic N) is 1. The summed E-state index contributed by atoms with van der Waals surface area (Å²) < 4.78 is 20.2. The van der Waals surface area contributed by atoms with E-state index in [1.807, 2.05) is 6.07 Å². The minimum absolute atomic E-state index is 0.131. The molecule has 1 atom stereocenters. The van der Waals surface area contributed by atoms with Crippen molar-refractivity contribution in [2.24, 2.45) is 0 Å². The maximum Gasteiger partial charge on any atom is 0.129 e. The predicted molar refractivity (Wildman–Crippen MR) is 85.2 cm³/mol. The van der Waals surface area contributed by atoms with E-state index < -0.39 is 0 Å². The molecule has 1 aliphatic rings. The fourth-order valence-electron chi connectivity index (χ4n) is 3.05. The van der Waals surface area contributed by atoms with Gasteiger partial charge in [-0.1, -0.05) is 13.0 Å². The molecule has 2 rings (SSSR count). The molecule has 0 spiro atoms. The normalized spacial score (nSPS) is 21.6. The fourth-order valence-corrected chi connectivity index (χ4v) is 3.05. The molecule has 1 aromatic rings. The SMILES string of the molecule is CCCNCc1c(F)cccc1N1CC(C)OC(C)(C)C1. The van der Waals surface area contributed by atoms with E-state index in [0.717, 1.165) is 37.3 Å². The molecule has 0 bridgehead atoms. The van der Waals surface area contributed by atoms with Crippen LogP contribution >= 0.6 is 0 Å². The van der Waals surface area contributed by atoms with Crippen LogP contribution in [0.15, 0.2) is 18.2 Å². The number of hydrogen-bond donors (Lipinski definition) is 1. The standard InChI is InChI=1S/C17H27FN2O/c1-5-9-19-10-14-15(18)7-6-8-16(14)20-11-13(2)21-17(3,4)12-20/h6-8,13,19H,5,9-12H2,1-4H3. The van der Waals surface area contributed by atoms with Crippen LogP contribution in [0.1, 0.15) is 39.7 Å². The van der Waals surface area contributed by atoms with Gasteiger partial charge in [0.05, 0.1) is 11.7 Å². The Balaban J connectivity index is 2.23. The van der Waals surface area contributed by atoms with E-state index in [1.54, 1.807) is 12.1 Å². The first-order chi connectivity index (χ1) is 9.93. The van der Waals surface area contributed by atoms with Crippen LogP contribution in [-0.4, -0.2) is 31.3 Å². The summed E-state index contributed by atoms with van der Waals surface area (Å²) in [5.74, 6) is -0.131. The third kappa shape index (κ3) is 4.17. The summed E-state index contributed by atoms with van der Waals surface area (Å²) in [7, 11) is 0. The molecule has 21 heavy (non-hydrogen) atoms. The lowest BCUT2D eigenvalue weighted by molar-refractivity contribution is -0.0750. The Kier molecular flexibility index (Phi) is 5.22. The van der Waals surface area contributed by atoms with Gasteiger partial charge in [0.1, 0.15) is 5.82 Å². The zero-order valence-electron chi connectivity index (χ0n) is 13.6. The first-order valence-electron chi connectivity index (χ1n) is 7.84. The van der Waals surface area contributed by atoms with Crippen LogP contribution in [0.3, 0.4) is 0 Å². The van der Waals surface area contributed by atoms with Crippen molar-refractivity contribution >= 4 is 5.69 Å². The molecule has 0 radical (unpaired) electrons. The van der Waals surface area contributed by atoms with Crippen molar-refractivity contribution in [2.75, 3.05) is 24.5 Å². The van der Waals surface area contributed by atoms with Crippen molar-refractivity contribution in [3.8, 4) is 0 Å². The first-order valence-corrected chi connectivity index (χ1v) is 7.84. The second-order valence-corrected chi connectivity index (χ2v) is 6.48. The van der Waals surface area contributed by atoms with Gasteiger partial charge in [-0.2, -0.15) is 0 Å². The van der Waals surface area contributed by atoms with Gasteiger partial charge in [-0.25, -0.2) is 4.39 Å². The number of hydrogen-bond acceptors (Lipinski definition) is 3. The highest BCUT2D eigenvalue weighted by Crippen LogP contribution is 2.29. The van der Waals surface area contributed by atoms with E-state index >= 15 is 0 Å². The minimum Gasteiger partial charge on any atom is -0.369 e. The molecule has 1 heterocycles. The number of nitrogens with one attached hydrogen (secondary N) is 1. The third-order valence-electron chi connectivity index (χ3n) is 3.73. The minimum atomic E-state index is -0.210. The molecule has 1 aliphatic heterocycles. The highest BCUT2D eigenvalue weighted by Gasteiger charge is 2.32. The molecule has 1 saturated heterocycles. The molecule has 0 aromatic heterocycles. The van der Waals surface area contributed by atoms with E-state index in [0.29, 0.717) is 6.54 Å². The van der Waals surface area contributed by atoms with E-state index in [-0.39, 0.29) is 17.5 Å². The van der Waals surface area contributed by atoms with Crippen LogP contribution in [0.4, 0.5) is 10.1 Å². The van der Waals surface area contributed by atoms with Gasteiger partial charge in [-0.3, -0.25) is 0 Å². The summed E-state index contributed by atoms with van der Waals surface area (Å²) >= 11 is 0. The van der Waals surface area contributed by atoms with Crippen LogP contribution < -0.4 is 10.2 Å². The molecule has 1 unspecified atom stereocenters. The van der Waals surface area contributed by atoms with Crippen LogP contribution in [-0.2, 0) is 11.3 Å². The van der Waals surface area contributed by atoms with E-state index in [4.69, 9.17) is 4.74 Å². The summed E-state index contributed by atoms with van der Waals surface area (Å²) in [6, 6.07) is 5.35. The molecule has 1 fully saturated rings. The summed E-state index contributed by atoms with van der Waals surface area (Å²) in [5.41, 5.74) is 1.54. The van der Waals surface area contributed by atoms with Crippen LogP contribution in [0.25, 0.3) is 0 Å². The van der Waals surface area contributed by atoms with Crippen molar-refractivity contribution in [1.29, 1.82) is 0 Å². The van der Waals surface area contributed by atoms with Gasteiger partial charge in [-0.05, 0) is 45.9 Å². The van der Waals surface area contributed by atoms with Crippen molar-refractivity contribution in [2.45, 2.75) is 52.4 Å². The number of ether oxygens (including phenoxy) is 1. The second kappa shape index (κ2) is 6.75. The molecule has 0 saturated carbocycles. The Morgan fingerprint density at radius 3 is 2.86 bits per heavy atom. The van der Waals surface area contributed by atoms with E-state index in [2.05, 4.69) is 37.9 Å². The lowest BCUT2D eigenvalue weighted by atomic mass is 10.0. The molecule has 1 aromatic carbocycles. The Labute approximate surface area is 127 Å². The fraction of sp³-hybridized carbons (Fsp3) is 0.647. The lowest BCUT2D eigenvalue weighted by Crippen LogP contribution is -2.52. The summed E-state index contributed by atoms with van der Waals surface area (Å²) in [5, 5.41) is 3.31. The molecular weight excluding hydrogens is 267 g/mol. The lowest BCUT2D eigenvalue weighted by Gasteiger charge is -2.43. The highest BCUT2D eigenvalue weighted by atomic mass is 19.1. The largest absolute Gasteiger partial charge is 0.369 e. The molecule has 0 amide bonds. The zero-order chi connectivity index (χ0) is 15.5. The number of rotatable bonds is 5. The van der Waals surface area contributed by atoms with Crippen molar-refractivity contribution in [3.05, 3.63) is 29.6 Å². The van der Waals surface area contributed by atoms with Gasteiger partial charge < -0.3 is 15.0 Å². The van der Waals surface area contributed by atoms with Gasteiger partial charge >= 0.3 is 0 Å². The van der Waals surface area contributed by atoms with E-state index in [1.165, 1.54) is 0 Å². The zero-order valence-corrected chi connectivity index (χ0v) is 13.6.